The highest BCUT2D eigenvalue weighted by molar-refractivity contribution is 4.86. The van der Waals surface area contributed by atoms with Crippen molar-refractivity contribution in [2.45, 2.75) is 45.1 Å². The Morgan fingerprint density at radius 2 is 2.07 bits per heavy atom. The Hall–Kier alpha value is -0.0800. The number of likely N-dealkylation sites (N-methyl/N-ethyl adjacent to an activating group) is 1. The second kappa shape index (κ2) is 4.19. The predicted molar refractivity (Wildman–Crippen MR) is 60.5 cm³/mol. The zero-order valence-corrected chi connectivity index (χ0v) is 9.68. The first-order chi connectivity index (χ1) is 6.68. The summed E-state index contributed by atoms with van der Waals surface area (Å²) in [5, 5.41) is 3.75. The van der Waals surface area contributed by atoms with Crippen LogP contribution in [0.4, 0.5) is 0 Å². The van der Waals surface area contributed by atoms with E-state index in [2.05, 4.69) is 24.2 Å². The molecular formula is C12H24N2. The van der Waals surface area contributed by atoms with E-state index in [0.717, 1.165) is 6.04 Å². The Labute approximate surface area is 88.1 Å². The molecule has 0 bridgehead atoms. The van der Waals surface area contributed by atoms with Crippen LogP contribution in [0.2, 0.25) is 0 Å². The molecule has 1 saturated heterocycles. The molecule has 0 radical (unpaired) electrons. The van der Waals surface area contributed by atoms with Crippen molar-refractivity contribution in [2.75, 3.05) is 26.7 Å². The number of hydrogen-bond acceptors (Lipinski definition) is 2. The van der Waals surface area contributed by atoms with Gasteiger partial charge in [0.2, 0.25) is 0 Å². The van der Waals surface area contributed by atoms with Gasteiger partial charge in [-0.1, -0.05) is 19.8 Å². The van der Waals surface area contributed by atoms with Crippen LogP contribution in [0.25, 0.3) is 0 Å². The summed E-state index contributed by atoms with van der Waals surface area (Å²) in [7, 11) is 2.22. The molecule has 0 amide bonds. The summed E-state index contributed by atoms with van der Waals surface area (Å²) >= 11 is 0. The van der Waals surface area contributed by atoms with Crippen molar-refractivity contribution in [3.05, 3.63) is 0 Å². The molecule has 1 aliphatic heterocycles. The Bertz CT molecular complexity index is 185. The Morgan fingerprint density at radius 3 is 2.64 bits per heavy atom. The Kier molecular flexibility index (Phi) is 3.13. The average molecular weight is 196 g/mol. The van der Waals surface area contributed by atoms with Crippen LogP contribution in [0.1, 0.15) is 39.0 Å². The van der Waals surface area contributed by atoms with E-state index in [4.69, 9.17) is 0 Å². The Morgan fingerprint density at radius 1 is 1.36 bits per heavy atom. The van der Waals surface area contributed by atoms with Crippen molar-refractivity contribution in [3.63, 3.8) is 0 Å². The summed E-state index contributed by atoms with van der Waals surface area (Å²) in [5.41, 5.74) is 0.612. The van der Waals surface area contributed by atoms with Crippen LogP contribution < -0.4 is 5.32 Å². The largest absolute Gasteiger partial charge is 0.312 e. The Balaban J connectivity index is 1.71. The second-order valence-electron chi connectivity index (χ2n) is 5.65. The maximum Gasteiger partial charge on any atom is 0.0207 e. The van der Waals surface area contributed by atoms with Crippen LogP contribution in [-0.4, -0.2) is 37.6 Å². The molecule has 1 atom stereocenters. The first-order valence-corrected chi connectivity index (χ1v) is 6.10. The third-order valence-electron chi connectivity index (χ3n) is 4.02. The quantitative estimate of drug-likeness (QED) is 0.741. The summed E-state index contributed by atoms with van der Waals surface area (Å²) in [6, 6.07) is 0.762. The van der Waals surface area contributed by atoms with Gasteiger partial charge in [0, 0.05) is 19.1 Å². The van der Waals surface area contributed by atoms with Crippen molar-refractivity contribution < 1.29 is 0 Å². The van der Waals surface area contributed by atoms with E-state index in [-0.39, 0.29) is 0 Å². The van der Waals surface area contributed by atoms with Gasteiger partial charge in [-0.25, -0.2) is 0 Å². The van der Waals surface area contributed by atoms with Gasteiger partial charge in [-0.3, -0.25) is 0 Å². The van der Waals surface area contributed by atoms with Crippen LogP contribution in [0.15, 0.2) is 0 Å². The molecule has 14 heavy (non-hydrogen) atoms. The molecule has 2 fully saturated rings. The molecule has 1 heterocycles. The molecule has 1 saturated carbocycles. The monoisotopic (exact) mass is 196 g/mol. The first-order valence-electron chi connectivity index (χ1n) is 6.10. The van der Waals surface area contributed by atoms with Crippen molar-refractivity contribution in [2.24, 2.45) is 5.41 Å². The summed E-state index contributed by atoms with van der Waals surface area (Å²) in [5.74, 6) is 0. The fourth-order valence-electron chi connectivity index (χ4n) is 2.90. The van der Waals surface area contributed by atoms with E-state index in [1.165, 1.54) is 51.7 Å². The van der Waals surface area contributed by atoms with Crippen molar-refractivity contribution in [3.8, 4) is 0 Å². The number of nitrogens with zero attached hydrogens (tertiary/aromatic N) is 1. The third-order valence-corrected chi connectivity index (χ3v) is 4.02. The summed E-state index contributed by atoms with van der Waals surface area (Å²) < 4.78 is 0. The highest BCUT2D eigenvalue weighted by atomic mass is 15.2. The topological polar surface area (TPSA) is 15.3 Å². The van der Waals surface area contributed by atoms with Crippen LogP contribution in [0.3, 0.4) is 0 Å². The highest BCUT2D eigenvalue weighted by Crippen LogP contribution is 2.36. The van der Waals surface area contributed by atoms with Crippen LogP contribution in [0.5, 0.6) is 0 Å². The lowest BCUT2D eigenvalue weighted by molar-refractivity contribution is 0.294. The van der Waals surface area contributed by atoms with Crippen LogP contribution >= 0.6 is 0 Å². The van der Waals surface area contributed by atoms with Crippen molar-refractivity contribution in [1.82, 2.24) is 10.2 Å². The molecule has 0 aromatic rings. The molecule has 0 aromatic heterocycles. The predicted octanol–water partition coefficient (Wildman–Crippen LogP) is 1.86. The average Bonchev–Trinajstić information content (AvgIpc) is 2.73. The molecule has 2 rings (SSSR count). The van der Waals surface area contributed by atoms with E-state index in [1.807, 2.05) is 0 Å². The second-order valence-corrected chi connectivity index (χ2v) is 5.65. The van der Waals surface area contributed by atoms with Gasteiger partial charge >= 0.3 is 0 Å². The minimum absolute atomic E-state index is 0.612. The minimum atomic E-state index is 0.612. The maximum atomic E-state index is 3.75. The van der Waals surface area contributed by atoms with Gasteiger partial charge in [-0.05, 0) is 38.3 Å². The van der Waals surface area contributed by atoms with Gasteiger partial charge in [-0.2, -0.15) is 0 Å². The van der Waals surface area contributed by atoms with Gasteiger partial charge in [0.25, 0.3) is 0 Å². The number of nitrogens with one attached hydrogen (secondary N) is 1. The van der Waals surface area contributed by atoms with Gasteiger partial charge < -0.3 is 10.2 Å². The third kappa shape index (κ3) is 2.48. The first kappa shape index (κ1) is 10.4. The summed E-state index contributed by atoms with van der Waals surface area (Å²) in [6.07, 6.45) is 7.10. The zero-order chi connectivity index (χ0) is 10.0. The van der Waals surface area contributed by atoms with E-state index >= 15 is 0 Å². The number of likely N-dealkylation sites (tertiary alicyclic amines) is 1. The maximum absolute atomic E-state index is 3.75. The standard InChI is InChI=1S/C12H24N2/c1-12(6-3-4-7-12)10-13-11-5-8-14(2)9-11/h11,13H,3-10H2,1-2H3. The molecule has 0 spiro atoms. The lowest BCUT2D eigenvalue weighted by Crippen LogP contribution is -2.38. The van der Waals surface area contributed by atoms with Gasteiger partial charge in [0.15, 0.2) is 0 Å². The number of hydrogen-bond donors (Lipinski definition) is 1. The SMILES string of the molecule is CN1CCC(NCC2(C)CCCC2)C1. The lowest BCUT2D eigenvalue weighted by Gasteiger charge is -2.26. The fraction of sp³-hybridized carbons (Fsp3) is 1.00. The normalized spacial score (nSPS) is 32.6. The lowest BCUT2D eigenvalue weighted by atomic mass is 9.88. The highest BCUT2D eigenvalue weighted by Gasteiger charge is 2.29. The molecule has 0 aromatic carbocycles. The van der Waals surface area contributed by atoms with Crippen LogP contribution in [0, 0.1) is 5.41 Å². The molecule has 2 heteroatoms. The molecule has 2 aliphatic rings. The summed E-state index contributed by atoms with van der Waals surface area (Å²) in [4.78, 5) is 2.43. The smallest absolute Gasteiger partial charge is 0.0207 e. The van der Waals surface area contributed by atoms with E-state index in [9.17, 15) is 0 Å². The molecular weight excluding hydrogens is 172 g/mol. The van der Waals surface area contributed by atoms with E-state index in [1.54, 1.807) is 0 Å². The van der Waals surface area contributed by atoms with E-state index in [0.29, 0.717) is 5.41 Å². The molecule has 1 aliphatic carbocycles. The molecule has 2 nitrogen and oxygen atoms in total. The number of rotatable bonds is 3. The van der Waals surface area contributed by atoms with Gasteiger partial charge in [-0.15, -0.1) is 0 Å². The molecule has 1 N–H and O–H groups in total. The summed E-state index contributed by atoms with van der Waals surface area (Å²) in [6.45, 7) is 6.21. The van der Waals surface area contributed by atoms with E-state index < -0.39 is 0 Å². The van der Waals surface area contributed by atoms with Crippen molar-refractivity contribution in [1.29, 1.82) is 0 Å². The fourth-order valence-corrected chi connectivity index (χ4v) is 2.90. The zero-order valence-electron chi connectivity index (χ0n) is 9.68. The van der Waals surface area contributed by atoms with Gasteiger partial charge in [0.1, 0.15) is 0 Å². The van der Waals surface area contributed by atoms with Crippen molar-refractivity contribution >= 4 is 0 Å². The van der Waals surface area contributed by atoms with Gasteiger partial charge in [0.05, 0.1) is 0 Å². The van der Waals surface area contributed by atoms with Crippen LogP contribution in [-0.2, 0) is 0 Å². The molecule has 1 unspecified atom stereocenters. The minimum Gasteiger partial charge on any atom is -0.312 e. The molecule has 82 valence electrons.